The smallest absolute Gasteiger partial charge is 0.235 e. The summed E-state index contributed by atoms with van der Waals surface area (Å²) in [4.78, 5) is 10.5. The summed E-state index contributed by atoms with van der Waals surface area (Å²) in [5.41, 5.74) is 12.3. The minimum atomic E-state index is 0.616. The van der Waals surface area contributed by atoms with Gasteiger partial charge in [0.2, 0.25) is 5.95 Å². The number of nitrogens with zero attached hydrogens (tertiary/aromatic N) is 7. The van der Waals surface area contributed by atoms with E-state index in [2.05, 4.69) is 178 Å². The zero-order valence-corrected chi connectivity index (χ0v) is 33.1. The SMILES string of the molecule is C1=CC(n2c(-c3ccc4c(c3)c3ccccc3n4-c3nc(-c4ccccc4)cc(-c4ccccc4)n3)nnc2-c2ccc3c4ccccc4n(-c4ccccc4)c3c2)=CCC1. The van der Waals surface area contributed by atoms with Crippen LogP contribution in [0.1, 0.15) is 12.8 Å². The topological polar surface area (TPSA) is 66.3 Å². The van der Waals surface area contributed by atoms with Gasteiger partial charge in [0.25, 0.3) is 0 Å². The van der Waals surface area contributed by atoms with Crippen molar-refractivity contribution in [2.24, 2.45) is 0 Å². The molecule has 7 heteroatoms. The van der Waals surface area contributed by atoms with Gasteiger partial charge in [0, 0.05) is 55.2 Å². The van der Waals surface area contributed by atoms with Gasteiger partial charge < -0.3 is 4.57 Å². The molecule has 0 saturated heterocycles. The second-order valence-corrected chi connectivity index (χ2v) is 15.5. The van der Waals surface area contributed by atoms with Crippen LogP contribution in [0.15, 0.2) is 200 Å². The summed E-state index contributed by atoms with van der Waals surface area (Å²) in [5.74, 6) is 2.19. The van der Waals surface area contributed by atoms with Crippen LogP contribution in [-0.4, -0.2) is 33.9 Å². The van der Waals surface area contributed by atoms with Crippen molar-refractivity contribution in [2.45, 2.75) is 12.8 Å². The summed E-state index contributed by atoms with van der Waals surface area (Å²) in [6, 6.07) is 63.7. The van der Waals surface area contributed by atoms with Crippen LogP contribution in [0.3, 0.4) is 0 Å². The number of hydrogen-bond donors (Lipinski definition) is 0. The lowest BCUT2D eigenvalue weighted by atomic mass is 10.1. The van der Waals surface area contributed by atoms with Crippen LogP contribution in [-0.2, 0) is 0 Å². The minimum absolute atomic E-state index is 0.616. The average Bonchev–Trinajstić information content (AvgIpc) is 4.03. The fraction of sp³-hybridized carbons (Fsp3) is 0.0370. The summed E-state index contributed by atoms with van der Waals surface area (Å²) in [6.45, 7) is 0. The Morgan fingerprint density at radius 1 is 0.377 bits per heavy atom. The maximum atomic E-state index is 5.23. The third kappa shape index (κ3) is 5.81. The van der Waals surface area contributed by atoms with Crippen LogP contribution in [0.2, 0.25) is 0 Å². The Balaban J connectivity index is 1.05. The Hall–Kier alpha value is -8.16. The summed E-state index contributed by atoms with van der Waals surface area (Å²) >= 11 is 0. The number of benzene rings is 7. The second-order valence-electron chi connectivity index (χ2n) is 15.5. The van der Waals surface area contributed by atoms with Gasteiger partial charge in [-0.25, -0.2) is 9.97 Å². The van der Waals surface area contributed by atoms with E-state index in [1.54, 1.807) is 0 Å². The molecule has 4 aromatic heterocycles. The normalized spacial score (nSPS) is 12.8. The molecule has 61 heavy (non-hydrogen) atoms. The molecule has 4 heterocycles. The van der Waals surface area contributed by atoms with Gasteiger partial charge in [0.05, 0.1) is 33.5 Å². The average molecular weight is 784 g/mol. The van der Waals surface area contributed by atoms with Crippen molar-refractivity contribution in [1.29, 1.82) is 0 Å². The lowest BCUT2D eigenvalue weighted by Gasteiger charge is -2.15. The minimum Gasteiger partial charge on any atom is -0.309 e. The predicted molar refractivity (Wildman–Crippen MR) is 249 cm³/mol. The van der Waals surface area contributed by atoms with Crippen molar-refractivity contribution >= 4 is 49.3 Å². The van der Waals surface area contributed by atoms with Crippen molar-refractivity contribution in [3.8, 4) is 56.9 Å². The largest absolute Gasteiger partial charge is 0.309 e. The molecule has 0 aliphatic heterocycles. The van der Waals surface area contributed by atoms with E-state index >= 15 is 0 Å². The number of rotatable bonds is 7. The van der Waals surface area contributed by atoms with Gasteiger partial charge in [-0.2, -0.15) is 0 Å². The van der Waals surface area contributed by atoms with E-state index < -0.39 is 0 Å². The highest BCUT2D eigenvalue weighted by molar-refractivity contribution is 6.11. The molecule has 0 amide bonds. The Labute approximate surface area is 351 Å². The zero-order valence-electron chi connectivity index (χ0n) is 33.1. The van der Waals surface area contributed by atoms with Crippen molar-refractivity contribution in [1.82, 2.24) is 33.9 Å². The Kier molecular flexibility index (Phi) is 8.16. The third-order valence-electron chi connectivity index (χ3n) is 11.8. The van der Waals surface area contributed by atoms with Crippen molar-refractivity contribution in [2.75, 3.05) is 0 Å². The maximum Gasteiger partial charge on any atom is 0.235 e. The highest BCUT2D eigenvalue weighted by Gasteiger charge is 2.23. The van der Waals surface area contributed by atoms with Crippen LogP contribution >= 0.6 is 0 Å². The molecule has 11 aromatic rings. The Morgan fingerprint density at radius 3 is 1.57 bits per heavy atom. The number of hydrogen-bond acceptors (Lipinski definition) is 4. The molecule has 7 nitrogen and oxygen atoms in total. The van der Waals surface area contributed by atoms with E-state index in [4.69, 9.17) is 20.2 Å². The first-order valence-electron chi connectivity index (χ1n) is 20.7. The molecule has 0 bridgehead atoms. The highest BCUT2D eigenvalue weighted by Crippen LogP contribution is 2.39. The Bertz CT molecular complexity index is 3460. The molecule has 0 spiro atoms. The van der Waals surface area contributed by atoms with E-state index in [1.165, 1.54) is 16.3 Å². The van der Waals surface area contributed by atoms with Crippen molar-refractivity contribution < 1.29 is 0 Å². The molecule has 0 unspecified atom stereocenters. The lowest BCUT2D eigenvalue weighted by molar-refractivity contribution is 0.995. The standard InChI is InChI=1S/C54H37N7/c1-5-17-36(18-6-1)46-35-47(37-19-7-2-8-20-37)56-54(55-46)61-49-28-16-14-26-43(49)45-33-38(30-32-50(45)61)52-57-58-53(60(52)41-23-11-4-12-24-41)39-29-31-44-42-25-13-15-27-48(42)59(51(44)34-39)40-21-9-3-10-22-40/h1-3,5-11,13-35H,4,12H2. The number of para-hydroxylation sites is 3. The second kappa shape index (κ2) is 14.3. The molecular weight excluding hydrogens is 747 g/mol. The Morgan fingerprint density at radius 2 is 0.918 bits per heavy atom. The molecule has 1 aliphatic rings. The predicted octanol–water partition coefficient (Wildman–Crippen LogP) is 13.1. The van der Waals surface area contributed by atoms with Gasteiger partial charge in [0.15, 0.2) is 11.6 Å². The molecule has 0 saturated carbocycles. The molecule has 1 aliphatic carbocycles. The molecular formula is C54H37N7. The van der Waals surface area contributed by atoms with Crippen LogP contribution in [0.5, 0.6) is 0 Å². The fourth-order valence-corrected chi connectivity index (χ4v) is 9.01. The van der Waals surface area contributed by atoms with E-state index in [0.29, 0.717) is 5.95 Å². The first-order valence-corrected chi connectivity index (χ1v) is 20.7. The summed E-state index contributed by atoms with van der Waals surface area (Å²) < 4.78 is 6.77. The van der Waals surface area contributed by atoms with E-state index in [9.17, 15) is 0 Å². The molecule has 0 radical (unpaired) electrons. The van der Waals surface area contributed by atoms with Crippen molar-refractivity contribution in [3.05, 3.63) is 200 Å². The van der Waals surface area contributed by atoms with Crippen LogP contribution in [0, 0.1) is 0 Å². The number of aromatic nitrogens is 7. The van der Waals surface area contributed by atoms with Gasteiger partial charge in [0.1, 0.15) is 0 Å². The maximum absolute atomic E-state index is 5.23. The van der Waals surface area contributed by atoms with Crippen LogP contribution in [0.4, 0.5) is 0 Å². The van der Waals surface area contributed by atoms with Crippen molar-refractivity contribution in [3.63, 3.8) is 0 Å². The summed E-state index contributed by atoms with van der Waals surface area (Å²) in [7, 11) is 0. The summed E-state index contributed by atoms with van der Waals surface area (Å²) in [6.07, 6.45) is 8.68. The third-order valence-corrected chi connectivity index (χ3v) is 11.8. The number of fused-ring (bicyclic) bond motifs is 6. The molecule has 12 rings (SSSR count). The number of allylic oxidation sites excluding steroid dienone is 4. The molecule has 7 aromatic carbocycles. The first-order chi connectivity index (χ1) is 30.3. The van der Waals surface area contributed by atoms with Gasteiger partial charge in [-0.05, 0) is 73.5 Å². The van der Waals surface area contributed by atoms with E-state index in [-0.39, 0.29) is 0 Å². The highest BCUT2D eigenvalue weighted by atomic mass is 15.3. The molecule has 288 valence electrons. The monoisotopic (exact) mass is 783 g/mol. The zero-order chi connectivity index (χ0) is 40.3. The molecule has 0 N–H and O–H groups in total. The lowest BCUT2D eigenvalue weighted by Crippen LogP contribution is -2.04. The van der Waals surface area contributed by atoms with Gasteiger partial charge in [-0.3, -0.25) is 9.13 Å². The first kappa shape index (κ1) is 34.8. The van der Waals surface area contributed by atoms with Crippen LogP contribution < -0.4 is 0 Å². The van der Waals surface area contributed by atoms with Gasteiger partial charge in [-0.1, -0.05) is 140 Å². The van der Waals surface area contributed by atoms with E-state index in [1.807, 2.05) is 36.4 Å². The molecule has 0 atom stereocenters. The summed E-state index contributed by atoms with van der Waals surface area (Å²) in [5, 5.41) is 14.6. The fourth-order valence-electron chi connectivity index (χ4n) is 9.01. The van der Waals surface area contributed by atoms with Gasteiger partial charge in [-0.15, -0.1) is 10.2 Å². The van der Waals surface area contributed by atoms with Crippen LogP contribution in [0.25, 0.3) is 106 Å². The molecule has 0 fully saturated rings. The van der Waals surface area contributed by atoms with E-state index in [0.717, 1.165) is 96.8 Å². The quantitative estimate of drug-likeness (QED) is 0.161. The van der Waals surface area contributed by atoms with Gasteiger partial charge >= 0.3 is 0 Å².